The highest BCUT2D eigenvalue weighted by Crippen LogP contribution is 2.37. The summed E-state index contributed by atoms with van der Waals surface area (Å²) in [4.78, 5) is 31.9. The second kappa shape index (κ2) is 10.6. The molecule has 4 rings (SSSR count). The molecule has 1 aliphatic heterocycles. The van der Waals surface area contributed by atoms with Gasteiger partial charge in [0, 0.05) is 24.9 Å². The summed E-state index contributed by atoms with van der Waals surface area (Å²) >= 11 is 1.35. The van der Waals surface area contributed by atoms with Gasteiger partial charge >= 0.3 is 6.09 Å². The second-order valence-corrected chi connectivity index (χ2v) is 9.58. The molecule has 0 aliphatic carbocycles. The van der Waals surface area contributed by atoms with E-state index in [-0.39, 0.29) is 24.9 Å². The number of aryl methyl sites for hydroxylation is 1. The Labute approximate surface area is 207 Å². The number of thiophene rings is 1. The van der Waals surface area contributed by atoms with Crippen LogP contribution in [-0.2, 0) is 36.2 Å². The van der Waals surface area contributed by atoms with Crippen LogP contribution in [-0.4, -0.2) is 40.1 Å². The number of carbonyl (C=O) groups excluding carboxylic acids is 2. The van der Waals surface area contributed by atoms with Crippen LogP contribution in [0.15, 0.2) is 36.8 Å². The molecule has 0 fully saturated rings. The minimum atomic E-state index is -0.415. The Hall–Kier alpha value is -3.84. The molecule has 1 N–H and O–H groups in total. The largest absolute Gasteiger partial charge is 0.497 e. The van der Waals surface area contributed by atoms with Crippen LogP contribution in [0.2, 0.25) is 0 Å². The third-order valence-electron chi connectivity index (χ3n) is 6.09. The number of imidazole rings is 1. The number of ether oxygens (including phenoxy) is 2. The Kier molecular flexibility index (Phi) is 7.36. The Morgan fingerprint density at radius 2 is 2.20 bits per heavy atom. The lowest BCUT2D eigenvalue weighted by atomic mass is 9.97. The van der Waals surface area contributed by atoms with Crippen molar-refractivity contribution in [1.82, 2.24) is 14.5 Å². The number of nitrogens with one attached hydrogen (secondary N) is 1. The zero-order valence-electron chi connectivity index (χ0n) is 19.9. The third-order valence-corrected chi connectivity index (χ3v) is 7.23. The lowest BCUT2D eigenvalue weighted by Gasteiger charge is -2.26. The van der Waals surface area contributed by atoms with Crippen molar-refractivity contribution in [2.24, 2.45) is 7.05 Å². The molecule has 0 radical (unpaired) electrons. The summed E-state index contributed by atoms with van der Waals surface area (Å²) in [6, 6.07) is 9.89. The average Bonchev–Trinajstić information content (AvgIpc) is 3.43. The monoisotopic (exact) mass is 493 g/mol. The van der Waals surface area contributed by atoms with E-state index in [0.717, 1.165) is 27.4 Å². The first-order valence-electron chi connectivity index (χ1n) is 11.2. The van der Waals surface area contributed by atoms with Gasteiger partial charge in [0.15, 0.2) is 0 Å². The fourth-order valence-electron chi connectivity index (χ4n) is 4.04. The van der Waals surface area contributed by atoms with Gasteiger partial charge in [0.05, 0.1) is 37.4 Å². The molecule has 0 saturated carbocycles. The first-order chi connectivity index (χ1) is 16.9. The number of carbonyl (C=O) groups is 2. The highest BCUT2D eigenvalue weighted by Gasteiger charge is 2.28. The zero-order valence-corrected chi connectivity index (χ0v) is 20.7. The van der Waals surface area contributed by atoms with E-state index >= 15 is 0 Å². The molecule has 0 spiro atoms. The van der Waals surface area contributed by atoms with E-state index in [1.165, 1.54) is 11.3 Å². The van der Waals surface area contributed by atoms with Crippen LogP contribution in [0, 0.1) is 11.3 Å². The van der Waals surface area contributed by atoms with Crippen molar-refractivity contribution in [3.63, 3.8) is 0 Å². The molecule has 35 heavy (non-hydrogen) atoms. The van der Waals surface area contributed by atoms with Crippen molar-refractivity contribution < 1.29 is 19.1 Å². The van der Waals surface area contributed by atoms with Crippen molar-refractivity contribution >= 4 is 28.3 Å². The number of methoxy groups -OCH3 is 1. The molecule has 3 heterocycles. The molecule has 182 valence electrons. The Morgan fingerprint density at radius 1 is 1.37 bits per heavy atom. The van der Waals surface area contributed by atoms with Crippen molar-refractivity contribution in [3.8, 4) is 11.8 Å². The van der Waals surface area contributed by atoms with Gasteiger partial charge in [-0.15, -0.1) is 11.3 Å². The Balaban J connectivity index is 1.39. The maximum atomic E-state index is 12.8. The van der Waals surface area contributed by atoms with E-state index in [2.05, 4.69) is 16.4 Å². The standard InChI is InChI=1S/C25H27N5O4S/c1-16(17-5-4-6-19(10-17)33-3)9-23(31)28-24-21(11-26)20-7-8-30(13-22(20)35-24)25(32)34-14-18-12-27-15-29(18)2/h4-6,10,12,15-16H,7-9,13-14H2,1-3H3,(H,28,31)/t16-/m0/s1. The number of nitrogens with zero attached hydrogens (tertiary/aromatic N) is 4. The maximum absolute atomic E-state index is 12.8. The molecule has 9 nitrogen and oxygen atoms in total. The summed E-state index contributed by atoms with van der Waals surface area (Å²) in [6.45, 7) is 2.91. The number of rotatable bonds is 7. The average molecular weight is 494 g/mol. The van der Waals surface area contributed by atoms with Crippen LogP contribution < -0.4 is 10.1 Å². The third kappa shape index (κ3) is 5.46. The summed E-state index contributed by atoms with van der Waals surface area (Å²) < 4.78 is 12.5. The first-order valence-corrected chi connectivity index (χ1v) is 12.1. The van der Waals surface area contributed by atoms with Crippen LogP contribution in [0.1, 0.15) is 46.5 Å². The van der Waals surface area contributed by atoms with Crippen LogP contribution in [0.5, 0.6) is 5.75 Å². The number of hydrogen-bond donors (Lipinski definition) is 1. The Bertz CT molecular complexity index is 1280. The zero-order chi connectivity index (χ0) is 24.9. The molecule has 0 bridgehead atoms. The van der Waals surface area contributed by atoms with Gasteiger partial charge in [-0.05, 0) is 35.6 Å². The predicted molar refractivity (Wildman–Crippen MR) is 131 cm³/mol. The fourth-order valence-corrected chi connectivity index (χ4v) is 5.27. The van der Waals surface area contributed by atoms with Crippen molar-refractivity contribution in [2.75, 3.05) is 19.0 Å². The molecule has 0 unspecified atom stereocenters. The number of benzene rings is 1. The van der Waals surface area contributed by atoms with E-state index in [4.69, 9.17) is 9.47 Å². The SMILES string of the molecule is COc1cccc([C@@H](C)CC(=O)Nc2sc3c(c2C#N)CCN(C(=O)OCc2cncn2C)C3)c1. The lowest BCUT2D eigenvalue weighted by Crippen LogP contribution is -2.35. The summed E-state index contributed by atoms with van der Waals surface area (Å²) in [5, 5.41) is 13.2. The molecule has 0 saturated heterocycles. The molecule has 10 heteroatoms. The van der Waals surface area contributed by atoms with Crippen molar-refractivity contribution in [1.29, 1.82) is 5.26 Å². The van der Waals surface area contributed by atoms with E-state index in [0.29, 0.717) is 30.1 Å². The fraction of sp³-hybridized carbons (Fsp3) is 0.360. The van der Waals surface area contributed by atoms with Gasteiger partial charge < -0.3 is 24.3 Å². The maximum Gasteiger partial charge on any atom is 0.410 e. The van der Waals surface area contributed by atoms with E-state index < -0.39 is 6.09 Å². The molecule has 1 aromatic carbocycles. The smallest absolute Gasteiger partial charge is 0.410 e. The quantitative estimate of drug-likeness (QED) is 0.529. The van der Waals surface area contributed by atoms with Gasteiger partial charge in [-0.1, -0.05) is 19.1 Å². The lowest BCUT2D eigenvalue weighted by molar-refractivity contribution is -0.116. The summed E-state index contributed by atoms with van der Waals surface area (Å²) in [6.07, 6.45) is 3.70. The van der Waals surface area contributed by atoms with Crippen LogP contribution in [0.25, 0.3) is 0 Å². The van der Waals surface area contributed by atoms with Gasteiger partial charge in [-0.2, -0.15) is 5.26 Å². The van der Waals surface area contributed by atoms with Crippen LogP contribution in [0.4, 0.5) is 9.80 Å². The summed E-state index contributed by atoms with van der Waals surface area (Å²) in [7, 11) is 3.45. The van der Waals surface area contributed by atoms with Gasteiger partial charge in [0.2, 0.25) is 5.91 Å². The molecule has 1 aliphatic rings. The normalized spacial score (nSPS) is 13.5. The van der Waals surface area contributed by atoms with Crippen LogP contribution >= 0.6 is 11.3 Å². The van der Waals surface area contributed by atoms with Crippen molar-refractivity contribution in [2.45, 2.75) is 38.8 Å². The van der Waals surface area contributed by atoms with Gasteiger partial charge in [-0.25, -0.2) is 9.78 Å². The number of hydrogen-bond acceptors (Lipinski definition) is 7. The molecule has 3 aromatic rings. The highest BCUT2D eigenvalue weighted by atomic mass is 32.1. The first kappa shape index (κ1) is 24.3. The summed E-state index contributed by atoms with van der Waals surface area (Å²) in [5.74, 6) is 0.564. The van der Waals surface area contributed by atoms with E-state index in [9.17, 15) is 14.9 Å². The topological polar surface area (TPSA) is 109 Å². The predicted octanol–water partition coefficient (Wildman–Crippen LogP) is 4.19. The molecule has 2 aromatic heterocycles. The molecule has 1 atom stereocenters. The molecular weight excluding hydrogens is 466 g/mol. The number of fused-ring (bicyclic) bond motifs is 1. The van der Waals surface area contributed by atoms with Crippen LogP contribution in [0.3, 0.4) is 0 Å². The van der Waals surface area contributed by atoms with Crippen molar-refractivity contribution in [3.05, 3.63) is 64.1 Å². The number of amides is 2. The highest BCUT2D eigenvalue weighted by molar-refractivity contribution is 7.16. The minimum absolute atomic E-state index is 0.0186. The Morgan fingerprint density at radius 3 is 2.91 bits per heavy atom. The number of anilines is 1. The van der Waals surface area contributed by atoms with Gasteiger partial charge in [0.1, 0.15) is 23.4 Å². The number of aromatic nitrogens is 2. The summed E-state index contributed by atoms with van der Waals surface area (Å²) in [5.41, 5.74) is 3.18. The van der Waals surface area contributed by atoms with Gasteiger partial charge in [0.25, 0.3) is 0 Å². The molecule has 2 amide bonds. The second-order valence-electron chi connectivity index (χ2n) is 8.47. The minimum Gasteiger partial charge on any atom is -0.497 e. The number of nitriles is 1. The van der Waals surface area contributed by atoms with E-state index in [1.807, 2.05) is 38.2 Å². The van der Waals surface area contributed by atoms with Gasteiger partial charge in [-0.3, -0.25) is 4.79 Å². The molecular formula is C25H27N5O4S. The van der Waals surface area contributed by atoms with E-state index in [1.54, 1.807) is 29.1 Å².